The number of carboxylic acid groups (broad SMARTS) is 1. The molecule has 5 unspecified atom stereocenters. The van der Waals surface area contributed by atoms with E-state index in [1.165, 1.54) is 19.3 Å². The molecule has 1 saturated heterocycles. The Morgan fingerprint density at radius 3 is 2.60 bits per heavy atom. The molecule has 84 valence electrons. The van der Waals surface area contributed by atoms with Crippen molar-refractivity contribution in [2.24, 2.45) is 23.7 Å². The molecular formula is C12H19NO2. The molecule has 3 fully saturated rings. The van der Waals surface area contributed by atoms with Gasteiger partial charge in [-0.2, -0.15) is 0 Å². The van der Waals surface area contributed by atoms with Crippen molar-refractivity contribution in [3.05, 3.63) is 0 Å². The van der Waals surface area contributed by atoms with Crippen LogP contribution in [0.15, 0.2) is 0 Å². The van der Waals surface area contributed by atoms with E-state index >= 15 is 0 Å². The lowest BCUT2D eigenvalue weighted by atomic mass is 9.99. The molecule has 2 saturated carbocycles. The van der Waals surface area contributed by atoms with Crippen LogP contribution in [0.2, 0.25) is 0 Å². The van der Waals surface area contributed by atoms with Crippen molar-refractivity contribution in [1.82, 2.24) is 4.90 Å². The van der Waals surface area contributed by atoms with E-state index in [4.69, 9.17) is 5.11 Å². The Balaban J connectivity index is 1.67. The number of nitrogens with zero attached hydrogens (tertiary/aromatic N) is 1. The van der Waals surface area contributed by atoms with Crippen LogP contribution < -0.4 is 0 Å². The second-order valence-electron chi connectivity index (χ2n) is 5.68. The summed E-state index contributed by atoms with van der Waals surface area (Å²) in [5.74, 6) is 1.53. The highest BCUT2D eigenvalue weighted by molar-refractivity contribution is 5.71. The number of hydrogen-bond donors (Lipinski definition) is 1. The van der Waals surface area contributed by atoms with E-state index in [2.05, 4.69) is 11.8 Å². The standard InChI is InChI=1S/C12H19NO2/c1-7-5-13(6-10(7)12(14)15)11-3-2-8-4-9(8)11/h7-11H,2-6H2,1H3,(H,14,15). The molecule has 5 atom stereocenters. The summed E-state index contributed by atoms with van der Waals surface area (Å²) in [6.45, 7) is 3.88. The minimum atomic E-state index is -0.602. The van der Waals surface area contributed by atoms with Gasteiger partial charge in [-0.1, -0.05) is 6.92 Å². The SMILES string of the molecule is CC1CN(C2CCC3CC32)CC1C(=O)O. The first-order valence-corrected chi connectivity index (χ1v) is 6.13. The number of hydrogen-bond acceptors (Lipinski definition) is 2. The minimum absolute atomic E-state index is 0.122. The Bertz CT molecular complexity index is 291. The molecule has 2 aliphatic carbocycles. The number of carbonyl (C=O) groups is 1. The van der Waals surface area contributed by atoms with Gasteiger partial charge in [0.2, 0.25) is 0 Å². The van der Waals surface area contributed by atoms with E-state index in [1.54, 1.807) is 0 Å². The normalized spacial score (nSPS) is 49.3. The molecule has 1 N–H and O–H groups in total. The third kappa shape index (κ3) is 1.48. The van der Waals surface area contributed by atoms with E-state index in [-0.39, 0.29) is 5.92 Å². The lowest BCUT2D eigenvalue weighted by Gasteiger charge is -2.25. The van der Waals surface area contributed by atoms with E-state index < -0.39 is 5.97 Å². The molecule has 0 aromatic heterocycles. The number of carboxylic acids is 1. The number of fused-ring (bicyclic) bond motifs is 1. The van der Waals surface area contributed by atoms with Crippen LogP contribution in [-0.4, -0.2) is 35.1 Å². The fourth-order valence-corrected chi connectivity index (χ4v) is 3.72. The van der Waals surface area contributed by atoms with Gasteiger partial charge in [0.05, 0.1) is 5.92 Å². The molecule has 1 heterocycles. The van der Waals surface area contributed by atoms with E-state index in [9.17, 15) is 4.79 Å². The van der Waals surface area contributed by atoms with Crippen LogP contribution in [0.1, 0.15) is 26.2 Å². The summed E-state index contributed by atoms with van der Waals surface area (Å²) < 4.78 is 0. The zero-order chi connectivity index (χ0) is 10.6. The number of rotatable bonds is 2. The third-order valence-electron chi connectivity index (χ3n) is 4.73. The van der Waals surface area contributed by atoms with Crippen LogP contribution in [0.5, 0.6) is 0 Å². The molecular weight excluding hydrogens is 190 g/mol. The summed E-state index contributed by atoms with van der Waals surface area (Å²) in [6, 6.07) is 0.724. The smallest absolute Gasteiger partial charge is 0.308 e. The van der Waals surface area contributed by atoms with Gasteiger partial charge in [-0.15, -0.1) is 0 Å². The molecule has 3 rings (SSSR count). The zero-order valence-electron chi connectivity index (χ0n) is 9.22. The summed E-state index contributed by atoms with van der Waals surface area (Å²) >= 11 is 0. The maximum absolute atomic E-state index is 11.0. The van der Waals surface area contributed by atoms with Gasteiger partial charge in [0.25, 0.3) is 0 Å². The first kappa shape index (κ1) is 9.64. The Morgan fingerprint density at radius 1 is 1.33 bits per heavy atom. The maximum atomic E-state index is 11.0. The number of aliphatic carboxylic acids is 1. The highest BCUT2D eigenvalue weighted by atomic mass is 16.4. The first-order valence-electron chi connectivity index (χ1n) is 6.13. The molecule has 3 heteroatoms. The van der Waals surface area contributed by atoms with E-state index in [0.717, 1.165) is 31.0 Å². The molecule has 15 heavy (non-hydrogen) atoms. The molecule has 3 aliphatic rings. The van der Waals surface area contributed by atoms with Gasteiger partial charge in [-0.25, -0.2) is 0 Å². The predicted molar refractivity (Wildman–Crippen MR) is 56.5 cm³/mol. The topological polar surface area (TPSA) is 40.5 Å². The fourth-order valence-electron chi connectivity index (χ4n) is 3.72. The molecule has 0 bridgehead atoms. The highest BCUT2D eigenvalue weighted by Gasteiger charge is 2.52. The van der Waals surface area contributed by atoms with Gasteiger partial charge in [-0.05, 0) is 37.0 Å². The molecule has 0 spiro atoms. The van der Waals surface area contributed by atoms with Gasteiger partial charge in [0.1, 0.15) is 0 Å². The lowest BCUT2D eigenvalue weighted by molar-refractivity contribution is -0.142. The second-order valence-corrected chi connectivity index (χ2v) is 5.68. The van der Waals surface area contributed by atoms with Crippen LogP contribution in [0.25, 0.3) is 0 Å². The average Bonchev–Trinajstić information content (AvgIpc) is 2.67. The van der Waals surface area contributed by atoms with Crippen LogP contribution in [0.3, 0.4) is 0 Å². The van der Waals surface area contributed by atoms with E-state index in [0.29, 0.717) is 5.92 Å². The Labute approximate surface area is 90.5 Å². The molecule has 3 nitrogen and oxygen atoms in total. The molecule has 0 aromatic carbocycles. The van der Waals surface area contributed by atoms with Gasteiger partial charge in [0, 0.05) is 19.1 Å². The van der Waals surface area contributed by atoms with Crippen molar-refractivity contribution < 1.29 is 9.90 Å². The average molecular weight is 209 g/mol. The van der Waals surface area contributed by atoms with Gasteiger partial charge in [-0.3, -0.25) is 9.69 Å². The van der Waals surface area contributed by atoms with Crippen molar-refractivity contribution in [2.75, 3.05) is 13.1 Å². The Morgan fingerprint density at radius 2 is 2.13 bits per heavy atom. The maximum Gasteiger partial charge on any atom is 0.308 e. The fraction of sp³-hybridized carbons (Fsp3) is 0.917. The van der Waals surface area contributed by atoms with Gasteiger partial charge < -0.3 is 5.11 Å². The van der Waals surface area contributed by atoms with Crippen molar-refractivity contribution in [3.8, 4) is 0 Å². The second kappa shape index (κ2) is 3.21. The largest absolute Gasteiger partial charge is 0.481 e. The summed E-state index contributed by atoms with van der Waals surface area (Å²) in [4.78, 5) is 13.5. The van der Waals surface area contributed by atoms with Crippen LogP contribution in [0, 0.1) is 23.7 Å². The molecule has 1 aliphatic heterocycles. The van der Waals surface area contributed by atoms with Crippen molar-refractivity contribution in [3.63, 3.8) is 0 Å². The summed E-state index contributed by atoms with van der Waals surface area (Å²) in [5.41, 5.74) is 0. The minimum Gasteiger partial charge on any atom is -0.481 e. The molecule has 0 aromatic rings. The summed E-state index contributed by atoms with van der Waals surface area (Å²) in [6.07, 6.45) is 4.11. The first-order chi connectivity index (χ1) is 7.16. The van der Waals surface area contributed by atoms with Crippen molar-refractivity contribution in [1.29, 1.82) is 0 Å². The van der Waals surface area contributed by atoms with Gasteiger partial charge >= 0.3 is 5.97 Å². The van der Waals surface area contributed by atoms with Crippen molar-refractivity contribution >= 4 is 5.97 Å². The Hall–Kier alpha value is -0.570. The molecule has 0 radical (unpaired) electrons. The monoisotopic (exact) mass is 209 g/mol. The Kier molecular flexibility index (Phi) is 2.06. The summed E-state index contributed by atoms with van der Waals surface area (Å²) in [5, 5.41) is 9.09. The van der Waals surface area contributed by atoms with Crippen LogP contribution >= 0.6 is 0 Å². The van der Waals surface area contributed by atoms with E-state index in [1.807, 2.05) is 0 Å². The third-order valence-corrected chi connectivity index (χ3v) is 4.73. The highest BCUT2D eigenvalue weighted by Crippen LogP contribution is 2.54. The quantitative estimate of drug-likeness (QED) is 0.748. The van der Waals surface area contributed by atoms with Crippen LogP contribution in [0.4, 0.5) is 0 Å². The predicted octanol–water partition coefficient (Wildman–Crippen LogP) is 1.44. The lowest BCUT2D eigenvalue weighted by Crippen LogP contribution is -2.34. The zero-order valence-corrected chi connectivity index (χ0v) is 9.22. The molecule has 0 amide bonds. The van der Waals surface area contributed by atoms with Crippen molar-refractivity contribution in [2.45, 2.75) is 32.2 Å². The number of likely N-dealkylation sites (tertiary alicyclic amines) is 1. The summed E-state index contributed by atoms with van der Waals surface area (Å²) in [7, 11) is 0. The van der Waals surface area contributed by atoms with Gasteiger partial charge in [0.15, 0.2) is 0 Å². The van der Waals surface area contributed by atoms with Crippen LogP contribution in [-0.2, 0) is 4.79 Å².